The molecular formula is C10H8F3NO4. The van der Waals surface area contributed by atoms with Crippen LogP contribution in [0.5, 0.6) is 0 Å². The third-order valence-electron chi connectivity index (χ3n) is 2.01. The van der Waals surface area contributed by atoms with Gasteiger partial charge in [0.15, 0.2) is 17.5 Å². The molecule has 1 aromatic carbocycles. The number of carboxylic acids is 2. The van der Waals surface area contributed by atoms with E-state index in [2.05, 4.69) is 0 Å². The maximum absolute atomic E-state index is 13.4. The maximum Gasteiger partial charge on any atom is 0.323 e. The van der Waals surface area contributed by atoms with Crippen LogP contribution in [0.25, 0.3) is 0 Å². The molecule has 0 aliphatic heterocycles. The van der Waals surface area contributed by atoms with Gasteiger partial charge in [0.25, 0.3) is 0 Å². The molecule has 18 heavy (non-hydrogen) atoms. The Morgan fingerprint density at radius 2 is 1.50 bits per heavy atom. The van der Waals surface area contributed by atoms with E-state index >= 15 is 0 Å². The lowest BCUT2D eigenvalue weighted by atomic mass is 10.2. The minimum absolute atomic E-state index is 0.572. The Balaban J connectivity index is 3.16. The summed E-state index contributed by atoms with van der Waals surface area (Å²) in [6.07, 6.45) is 0. The first kappa shape index (κ1) is 13.8. The minimum atomic E-state index is -1.78. The van der Waals surface area contributed by atoms with Crippen molar-refractivity contribution >= 4 is 17.6 Å². The van der Waals surface area contributed by atoms with E-state index in [9.17, 15) is 22.8 Å². The van der Waals surface area contributed by atoms with Gasteiger partial charge in [0.05, 0.1) is 5.69 Å². The molecule has 0 radical (unpaired) electrons. The molecule has 0 unspecified atom stereocenters. The Morgan fingerprint density at radius 1 is 1.00 bits per heavy atom. The molecule has 0 amide bonds. The number of hydrogen-bond donors (Lipinski definition) is 2. The Bertz CT molecular complexity index is 476. The van der Waals surface area contributed by atoms with E-state index in [-0.39, 0.29) is 0 Å². The summed E-state index contributed by atoms with van der Waals surface area (Å²) in [4.78, 5) is 21.6. The summed E-state index contributed by atoms with van der Waals surface area (Å²) in [5.41, 5.74) is -0.626. The normalized spacial score (nSPS) is 10.2. The van der Waals surface area contributed by atoms with Crippen LogP contribution < -0.4 is 4.90 Å². The molecule has 5 nitrogen and oxygen atoms in total. The van der Waals surface area contributed by atoms with Crippen LogP contribution in [0.15, 0.2) is 12.1 Å². The first-order valence-corrected chi connectivity index (χ1v) is 4.65. The van der Waals surface area contributed by atoms with Crippen molar-refractivity contribution in [2.75, 3.05) is 18.0 Å². The van der Waals surface area contributed by atoms with E-state index in [1.54, 1.807) is 0 Å². The van der Waals surface area contributed by atoms with Gasteiger partial charge in [-0.1, -0.05) is 0 Å². The first-order chi connectivity index (χ1) is 8.32. The monoisotopic (exact) mass is 263 g/mol. The highest BCUT2D eigenvalue weighted by Crippen LogP contribution is 2.23. The molecular weight excluding hydrogens is 255 g/mol. The SMILES string of the molecule is O=C(O)CN(CC(=O)O)c1ccc(F)c(F)c1F. The van der Waals surface area contributed by atoms with Gasteiger partial charge in [-0.3, -0.25) is 9.59 Å². The lowest BCUT2D eigenvalue weighted by molar-refractivity contribution is -0.136. The molecule has 0 aromatic heterocycles. The second-order valence-corrected chi connectivity index (χ2v) is 3.34. The zero-order valence-electron chi connectivity index (χ0n) is 8.86. The van der Waals surface area contributed by atoms with Crippen LogP contribution in [0.4, 0.5) is 18.9 Å². The first-order valence-electron chi connectivity index (χ1n) is 4.65. The molecule has 1 rings (SSSR count). The quantitative estimate of drug-likeness (QED) is 0.777. The van der Waals surface area contributed by atoms with Crippen molar-refractivity contribution < 1.29 is 33.0 Å². The lowest BCUT2D eigenvalue weighted by Gasteiger charge is -2.21. The molecule has 8 heteroatoms. The van der Waals surface area contributed by atoms with Crippen molar-refractivity contribution in [3.8, 4) is 0 Å². The summed E-state index contributed by atoms with van der Waals surface area (Å²) in [5, 5.41) is 17.1. The van der Waals surface area contributed by atoms with Crippen LogP contribution in [0, 0.1) is 17.5 Å². The van der Waals surface area contributed by atoms with Crippen LogP contribution >= 0.6 is 0 Å². The fraction of sp³-hybridized carbons (Fsp3) is 0.200. The molecule has 0 aliphatic rings. The van der Waals surface area contributed by atoms with Crippen LogP contribution in [0.1, 0.15) is 0 Å². The van der Waals surface area contributed by atoms with E-state index in [0.29, 0.717) is 11.0 Å². The van der Waals surface area contributed by atoms with Gasteiger partial charge in [-0.05, 0) is 12.1 Å². The maximum atomic E-state index is 13.4. The summed E-state index contributed by atoms with van der Waals surface area (Å²) in [5.74, 6) is -7.71. The molecule has 1 aromatic rings. The number of nitrogens with zero attached hydrogens (tertiary/aromatic N) is 1. The van der Waals surface area contributed by atoms with Crippen molar-refractivity contribution in [2.45, 2.75) is 0 Å². The molecule has 2 N–H and O–H groups in total. The van der Waals surface area contributed by atoms with Crippen molar-refractivity contribution in [3.63, 3.8) is 0 Å². The average Bonchev–Trinajstić information content (AvgIpc) is 2.24. The standard InChI is InChI=1S/C10H8F3NO4/c11-5-1-2-6(10(13)9(5)12)14(3-7(15)16)4-8(17)18/h1-2H,3-4H2,(H,15,16)(H,17,18). The van der Waals surface area contributed by atoms with Crippen LogP contribution in [0.2, 0.25) is 0 Å². The molecule has 0 heterocycles. The second-order valence-electron chi connectivity index (χ2n) is 3.34. The van der Waals surface area contributed by atoms with Crippen molar-refractivity contribution in [2.24, 2.45) is 0 Å². The number of aliphatic carboxylic acids is 2. The molecule has 98 valence electrons. The van der Waals surface area contributed by atoms with Gasteiger partial charge < -0.3 is 15.1 Å². The van der Waals surface area contributed by atoms with Crippen LogP contribution in [-0.4, -0.2) is 35.2 Å². The highest BCUT2D eigenvalue weighted by Gasteiger charge is 2.21. The Hall–Kier alpha value is -2.25. The fourth-order valence-corrected chi connectivity index (χ4v) is 1.31. The third-order valence-corrected chi connectivity index (χ3v) is 2.01. The molecule has 0 saturated carbocycles. The summed E-state index contributed by atoms with van der Waals surface area (Å²) < 4.78 is 39.0. The van der Waals surface area contributed by atoms with Gasteiger partial charge in [0, 0.05) is 0 Å². The van der Waals surface area contributed by atoms with Crippen molar-refractivity contribution in [1.82, 2.24) is 0 Å². The van der Waals surface area contributed by atoms with Crippen molar-refractivity contribution in [1.29, 1.82) is 0 Å². The molecule has 0 atom stereocenters. The van der Waals surface area contributed by atoms with E-state index in [1.165, 1.54) is 0 Å². The van der Waals surface area contributed by atoms with E-state index < -0.39 is 48.2 Å². The predicted octanol–water partition coefficient (Wildman–Crippen LogP) is 1.08. The number of rotatable bonds is 5. The van der Waals surface area contributed by atoms with Gasteiger partial charge >= 0.3 is 11.9 Å². The topological polar surface area (TPSA) is 77.8 Å². The summed E-state index contributed by atoms with van der Waals surface area (Å²) in [6, 6.07) is 1.37. The number of hydrogen-bond acceptors (Lipinski definition) is 3. The average molecular weight is 263 g/mol. The summed E-state index contributed by atoms with van der Waals surface area (Å²) in [6.45, 7) is -1.71. The zero-order valence-corrected chi connectivity index (χ0v) is 8.86. The highest BCUT2D eigenvalue weighted by molar-refractivity contribution is 5.79. The molecule has 0 aliphatic carbocycles. The van der Waals surface area contributed by atoms with E-state index in [0.717, 1.165) is 6.07 Å². The second kappa shape index (κ2) is 5.39. The van der Waals surface area contributed by atoms with Gasteiger partial charge in [0.2, 0.25) is 0 Å². The molecule has 0 spiro atoms. The van der Waals surface area contributed by atoms with E-state index in [1.807, 2.05) is 0 Å². The Morgan fingerprint density at radius 3 is 1.94 bits per heavy atom. The number of benzene rings is 1. The van der Waals surface area contributed by atoms with Gasteiger partial charge in [-0.15, -0.1) is 0 Å². The van der Waals surface area contributed by atoms with Gasteiger partial charge in [0.1, 0.15) is 13.1 Å². The fourth-order valence-electron chi connectivity index (χ4n) is 1.31. The number of anilines is 1. The third kappa shape index (κ3) is 3.12. The van der Waals surface area contributed by atoms with Crippen molar-refractivity contribution in [3.05, 3.63) is 29.6 Å². The number of carboxylic acid groups (broad SMARTS) is 2. The summed E-state index contributed by atoms with van der Waals surface area (Å²) in [7, 11) is 0. The lowest BCUT2D eigenvalue weighted by Crippen LogP contribution is -2.35. The Labute approximate surface area is 99.1 Å². The molecule has 0 fully saturated rings. The Kier molecular flexibility index (Phi) is 4.13. The number of carbonyl (C=O) groups is 2. The molecule has 0 saturated heterocycles. The highest BCUT2D eigenvalue weighted by atomic mass is 19.2. The van der Waals surface area contributed by atoms with Crippen LogP contribution in [-0.2, 0) is 9.59 Å². The van der Waals surface area contributed by atoms with E-state index in [4.69, 9.17) is 10.2 Å². The predicted molar refractivity (Wildman–Crippen MR) is 53.8 cm³/mol. The van der Waals surface area contributed by atoms with Crippen LogP contribution in [0.3, 0.4) is 0 Å². The smallest absolute Gasteiger partial charge is 0.323 e. The van der Waals surface area contributed by atoms with Gasteiger partial charge in [-0.25, -0.2) is 13.2 Å². The van der Waals surface area contributed by atoms with Gasteiger partial charge in [-0.2, -0.15) is 0 Å². The minimum Gasteiger partial charge on any atom is -0.480 e. The molecule has 0 bridgehead atoms. The zero-order chi connectivity index (χ0) is 13.9. The number of halogens is 3. The summed E-state index contributed by atoms with van der Waals surface area (Å²) >= 11 is 0. The largest absolute Gasteiger partial charge is 0.480 e.